The van der Waals surface area contributed by atoms with Crippen LogP contribution in [0.1, 0.15) is 51.6 Å². The van der Waals surface area contributed by atoms with Gasteiger partial charge >= 0.3 is 0 Å². The van der Waals surface area contributed by atoms with Crippen molar-refractivity contribution in [1.29, 1.82) is 0 Å². The lowest BCUT2D eigenvalue weighted by molar-refractivity contribution is 0.569. The van der Waals surface area contributed by atoms with E-state index in [1.165, 1.54) is 37.2 Å². The van der Waals surface area contributed by atoms with E-state index in [1.807, 2.05) is 7.05 Å². The summed E-state index contributed by atoms with van der Waals surface area (Å²) in [6, 6.07) is 9.12. The molecule has 1 aromatic carbocycles. The van der Waals surface area contributed by atoms with Gasteiger partial charge in [0.15, 0.2) is 5.96 Å². The van der Waals surface area contributed by atoms with Crippen LogP contribution in [0.2, 0.25) is 0 Å². The zero-order valence-corrected chi connectivity index (χ0v) is 17.8. The summed E-state index contributed by atoms with van der Waals surface area (Å²) in [4.78, 5) is 6.81. The normalized spacial score (nSPS) is 16.0. The smallest absolute Gasteiger partial charge is 0.191 e. The minimum atomic E-state index is 0. The Kier molecular flexibility index (Phi) is 9.48. The van der Waals surface area contributed by atoms with Gasteiger partial charge in [-0.25, -0.2) is 0 Å². The first kappa shape index (κ1) is 21.1. The molecule has 5 heteroatoms. The minimum absolute atomic E-state index is 0. The second-order valence-corrected chi connectivity index (χ2v) is 6.84. The van der Waals surface area contributed by atoms with Crippen LogP contribution in [0.25, 0.3) is 0 Å². The van der Waals surface area contributed by atoms with Gasteiger partial charge in [-0.1, -0.05) is 26.0 Å². The van der Waals surface area contributed by atoms with Gasteiger partial charge in [0.25, 0.3) is 0 Å². The van der Waals surface area contributed by atoms with Crippen molar-refractivity contribution in [3.05, 3.63) is 29.8 Å². The van der Waals surface area contributed by atoms with Crippen LogP contribution in [-0.4, -0.2) is 32.6 Å². The van der Waals surface area contributed by atoms with Crippen LogP contribution in [0, 0.1) is 5.92 Å². The number of guanidine groups is 1. The van der Waals surface area contributed by atoms with Crippen LogP contribution in [0.4, 0.5) is 5.69 Å². The molecule has 1 aromatic rings. The molecule has 0 saturated carbocycles. The Morgan fingerprint density at radius 2 is 1.92 bits per heavy atom. The SMILES string of the molecule is CN=C(NCCC(C)C)NC(C)c1cccc(N2CCCC2)c1.I. The molecule has 0 amide bonds. The fourth-order valence-electron chi connectivity index (χ4n) is 2.93. The highest BCUT2D eigenvalue weighted by Gasteiger charge is 2.14. The Balaban J connectivity index is 0.00000288. The molecule has 0 aliphatic carbocycles. The second kappa shape index (κ2) is 10.8. The molecule has 0 bridgehead atoms. The summed E-state index contributed by atoms with van der Waals surface area (Å²) in [6.45, 7) is 10.00. The number of hydrogen-bond donors (Lipinski definition) is 2. The fraction of sp³-hybridized carbons (Fsp3) is 0.632. The molecule has 0 aromatic heterocycles. The van der Waals surface area contributed by atoms with Crippen LogP contribution >= 0.6 is 24.0 Å². The van der Waals surface area contributed by atoms with Crippen molar-refractivity contribution in [2.75, 3.05) is 31.6 Å². The van der Waals surface area contributed by atoms with Crippen molar-refractivity contribution in [2.24, 2.45) is 10.9 Å². The first-order chi connectivity index (χ1) is 11.1. The number of anilines is 1. The molecule has 0 radical (unpaired) electrons. The lowest BCUT2D eigenvalue weighted by Gasteiger charge is -2.22. The van der Waals surface area contributed by atoms with Crippen molar-refractivity contribution in [2.45, 2.75) is 46.1 Å². The predicted octanol–water partition coefficient (Wildman–Crippen LogP) is 4.18. The van der Waals surface area contributed by atoms with Crippen molar-refractivity contribution < 1.29 is 0 Å². The average Bonchev–Trinajstić information content (AvgIpc) is 3.08. The molecule has 1 fully saturated rings. The highest BCUT2D eigenvalue weighted by molar-refractivity contribution is 14.0. The topological polar surface area (TPSA) is 39.7 Å². The van der Waals surface area contributed by atoms with Crippen LogP contribution in [0.3, 0.4) is 0 Å². The van der Waals surface area contributed by atoms with Gasteiger partial charge < -0.3 is 15.5 Å². The van der Waals surface area contributed by atoms with Crippen LogP contribution in [0.5, 0.6) is 0 Å². The van der Waals surface area contributed by atoms with Gasteiger partial charge in [0, 0.05) is 32.4 Å². The molecule has 2 rings (SSSR count). The summed E-state index contributed by atoms with van der Waals surface area (Å²) in [5.74, 6) is 1.58. The van der Waals surface area contributed by atoms with Crippen molar-refractivity contribution in [1.82, 2.24) is 10.6 Å². The maximum atomic E-state index is 4.33. The van der Waals surface area contributed by atoms with E-state index >= 15 is 0 Å². The molecule has 24 heavy (non-hydrogen) atoms. The summed E-state index contributed by atoms with van der Waals surface area (Å²) >= 11 is 0. The molecular formula is C19H33IN4. The monoisotopic (exact) mass is 444 g/mol. The average molecular weight is 444 g/mol. The highest BCUT2D eigenvalue weighted by Crippen LogP contribution is 2.23. The minimum Gasteiger partial charge on any atom is -0.372 e. The number of nitrogens with zero attached hydrogens (tertiary/aromatic N) is 2. The van der Waals surface area contributed by atoms with E-state index in [9.17, 15) is 0 Å². The van der Waals surface area contributed by atoms with Crippen molar-refractivity contribution >= 4 is 35.6 Å². The van der Waals surface area contributed by atoms with Crippen LogP contribution in [0.15, 0.2) is 29.3 Å². The number of hydrogen-bond acceptors (Lipinski definition) is 2. The number of rotatable bonds is 6. The van der Waals surface area contributed by atoms with E-state index in [4.69, 9.17) is 0 Å². The van der Waals surface area contributed by atoms with Gasteiger partial charge in [-0.2, -0.15) is 0 Å². The van der Waals surface area contributed by atoms with E-state index in [1.54, 1.807) is 0 Å². The zero-order valence-electron chi connectivity index (χ0n) is 15.5. The Bertz CT molecular complexity index is 510. The molecule has 136 valence electrons. The second-order valence-electron chi connectivity index (χ2n) is 6.84. The molecule has 1 aliphatic rings. The Morgan fingerprint density at radius 3 is 2.54 bits per heavy atom. The quantitative estimate of drug-likeness (QED) is 0.393. The number of nitrogens with one attached hydrogen (secondary N) is 2. The third-order valence-electron chi connectivity index (χ3n) is 4.43. The molecule has 0 spiro atoms. The predicted molar refractivity (Wildman–Crippen MR) is 116 cm³/mol. The molecule has 2 N–H and O–H groups in total. The van der Waals surface area contributed by atoms with Gasteiger partial charge in [-0.3, -0.25) is 4.99 Å². The van der Waals surface area contributed by atoms with Gasteiger partial charge in [-0.15, -0.1) is 24.0 Å². The Labute approximate surface area is 164 Å². The van der Waals surface area contributed by atoms with Crippen LogP contribution < -0.4 is 15.5 Å². The van der Waals surface area contributed by atoms with Gasteiger partial charge in [-0.05, 0) is 49.8 Å². The van der Waals surface area contributed by atoms with E-state index in [2.05, 4.69) is 65.6 Å². The highest BCUT2D eigenvalue weighted by atomic mass is 127. The molecular weight excluding hydrogens is 411 g/mol. The van der Waals surface area contributed by atoms with E-state index in [0.717, 1.165) is 18.9 Å². The van der Waals surface area contributed by atoms with Crippen molar-refractivity contribution in [3.8, 4) is 0 Å². The third-order valence-corrected chi connectivity index (χ3v) is 4.43. The first-order valence-electron chi connectivity index (χ1n) is 8.92. The van der Waals surface area contributed by atoms with E-state index in [-0.39, 0.29) is 30.0 Å². The maximum absolute atomic E-state index is 4.33. The lowest BCUT2D eigenvalue weighted by atomic mass is 10.1. The number of benzene rings is 1. The summed E-state index contributed by atoms with van der Waals surface area (Å²) in [6.07, 6.45) is 3.77. The first-order valence-corrected chi connectivity index (χ1v) is 8.92. The summed E-state index contributed by atoms with van der Waals surface area (Å²) in [5.41, 5.74) is 2.65. The molecule has 1 aliphatic heterocycles. The number of halogens is 1. The Hall–Kier alpha value is -0.980. The molecule has 4 nitrogen and oxygen atoms in total. The van der Waals surface area contributed by atoms with Gasteiger partial charge in [0.05, 0.1) is 6.04 Å². The Morgan fingerprint density at radius 1 is 1.21 bits per heavy atom. The lowest BCUT2D eigenvalue weighted by Crippen LogP contribution is -2.39. The standard InChI is InChI=1S/C19H32N4.HI/c1-15(2)10-11-21-19(20-4)22-16(3)17-8-7-9-18(14-17)23-12-5-6-13-23;/h7-9,14-16H,5-6,10-13H2,1-4H3,(H2,20,21,22);1H. The summed E-state index contributed by atoms with van der Waals surface area (Å²) < 4.78 is 0. The van der Waals surface area contributed by atoms with Gasteiger partial charge in [0.2, 0.25) is 0 Å². The molecule has 1 atom stereocenters. The van der Waals surface area contributed by atoms with E-state index in [0.29, 0.717) is 5.92 Å². The molecule has 1 unspecified atom stereocenters. The maximum Gasteiger partial charge on any atom is 0.191 e. The summed E-state index contributed by atoms with van der Waals surface area (Å²) in [5, 5.41) is 6.89. The van der Waals surface area contributed by atoms with Gasteiger partial charge in [0.1, 0.15) is 0 Å². The van der Waals surface area contributed by atoms with E-state index < -0.39 is 0 Å². The van der Waals surface area contributed by atoms with Crippen LogP contribution in [-0.2, 0) is 0 Å². The molecule has 1 heterocycles. The van der Waals surface area contributed by atoms with Crippen molar-refractivity contribution in [3.63, 3.8) is 0 Å². The fourth-order valence-corrected chi connectivity index (χ4v) is 2.93. The summed E-state index contributed by atoms with van der Waals surface area (Å²) in [7, 11) is 1.83. The number of aliphatic imine (C=N–C) groups is 1. The molecule has 1 saturated heterocycles. The third kappa shape index (κ3) is 6.49. The largest absolute Gasteiger partial charge is 0.372 e. The zero-order chi connectivity index (χ0) is 16.7.